The molecule has 1 aromatic carbocycles. The van der Waals surface area contributed by atoms with Crippen LogP contribution in [0.2, 0.25) is 0 Å². The molecule has 0 saturated carbocycles. The molecular weight excluding hydrogens is 226 g/mol. The SMILES string of the molecule is N#Cc1cc(F)c(O)c(-c2cncc(F)c2)c1. The smallest absolute Gasteiger partial charge is 0.166 e. The van der Waals surface area contributed by atoms with E-state index in [-0.39, 0.29) is 16.7 Å². The molecule has 2 aromatic rings. The van der Waals surface area contributed by atoms with Crippen molar-refractivity contribution < 1.29 is 13.9 Å². The fourth-order valence-corrected chi connectivity index (χ4v) is 1.44. The van der Waals surface area contributed by atoms with Gasteiger partial charge in [-0.2, -0.15) is 5.26 Å². The van der Waals surface area contributed by atoms with Gasteiger partial charge in [0.15, 0.2) is 11.6 Å². The van der Waals surface area contributed by atoms with E-state index in [2.05, 4.69) is 4.98 Å². The minimum atomic E-state index is -0.927. The maximum Gasteiger partial charge on any atom is 0.166 e. The summed E-state index contributed by atoms with van der Waals surface area (Å²) in [6.07, 6.45) is 2.27. The van der Waals surface area contributed by atoms with Gasteiger partial charge in [0.2, 0.25) is 0 Å². The van der Waals surface area contributed by atoms with Crippen molar-refractivity contribution in [1.29, 1.82) is 5.26 Å². The van der Waals surface area contributed by atoms with Crippen LogP contribution in [0.4, 0.5) is 8.78 Å². The van der Waals surface area contributed by atoms with E-state index in [1.165, 1.54) is 12.3 Å². The first kappa shape index (κ1) is 11.0. The van der Waals surface area contributed by atoms with E-state index in [9.17, 15) is 13.9 Å². The zero-order valence-electron chi connectivity index (χ0n) is 8.48. The fourth-order valence-electron chi connectivity index (χ4n) is 1.44. The summed E-state index contributed by atoms with van der Waals surface area (Å²) in [5, 5.41) is 18.2. The molecule has 1 heterocycles. The van der Waals surface area contributed by atoms with Crippen LogP contribution >= 0.6 is 0 Å². The quantitative estimate of drug-likeness (QED) is 0.822. The van der Waals surface area contributed by atoms with Crippen molar-refractivity contribution >= 4 is 0 Å². The monoisotopic (exact) mass is 232 g/mol. The predicted octanol–water partition coefficient (Wildman–Crippen LogP) is 2.60. The number of aromatic nitrogens is 1. The third kappa shape index (κ3) is 2.06. The summed E-state index contributed by atoms with van der Waals surface area (Å²) < 4.78 is 26.3. The molecule has 0 amide bonds. The van der Waals surface area contributed by atoms with Gasteiger partial charge in [-0.05, 0) is 18.2 Å². The summed E-state index contributed by atoms with van der Waals surface area (Å²) in [4.78, 5) is 3.60. The van der Waals surface area contributed by atoms with Crippen molar-refractivity contribution in [3.05, 3.63) is 47.8 Å². The molecule has 0 unspecified atom stereocenters. The Labute approximate surface area is 95.6 Å². The zero-order valence-corrected chi connectivity index (χ0v) is 8.48. The zero-order chi connectivity index (χ0) is 12.4. The average Bonchev–Trinajstić information content (AvgIpc) is 2.32. The Hall–Kier alpha value is -2.48. The van der Waals surface area contributed by atoms with E-state index in [1.54, 1.807) is 6.07 Å². The van der Waals surface area contributed by atoms with Crippen LogP contribution in [-0.2, 0) is 0 Å². The van der Waals surface area contributed by atoms with Crippen molar-refractivity contribution in [2.24, 2.45) is 0 Å². The van der Waals surface area contributed by atoms with E-state index in [0.717, 1.165) is 18.3 Å². The number of phenols is 1. The average molecular weight is 232 g/mol. The van der Waals surface area contributed by atoms with Crippen molar-refractivity contribution in [3.63, 3.8) is 0 Å². The molecule has 5 heteroatoms. The molecule has 3 nitrogen and oxygen atoms in total. The van der Waals surface area contributed by atoms with Gasteiger partial charge < -0.3 is 5.11 Å². The van der Waals surface area contributed by atoms with E-state index in [0.29, 0.717) is 0 Å². The highest BCUT2D eigenvalue weighted by molar-refractivity contribution is 5.71. The topological polar surface area (TPSA) is 56.9 Å². The normalized spacial score (nSPS) is 9.94. The minimum Gasteiger partial charge on any atom is -0.504 e. The first-order chi connectivity index (χ1) is 8.11. The number of hydrogen-bond acceptors (Lipinski definition) is 3. The van der Waals surface area contributed by atoms with Crippen molar-refractivity contribution in [3.8, 4) is 22.9 Å². The molecule has 1 aromatic heterocycles. The van der Waals surface area contributed by atoms with Crippen LogP contribution in [0.25, 0.3) is 11.1 Å². The number of hydrogen-bond donors (Lipinski definition) is 1. The van der Waals surface area contributed by atoms with E-state index < -0.39 is 17.4 Å². The summed E-state index contributed by atoms with van der Waals surface area (Å²) in [6.45, 7) is 0. The van der Waals surface area contributed by atoms with Crippen LogP contribution < -0.4 is 0 Å². The predicted molar refractivity (Wildman–Crippen MR) is 56.0 cm³/mol. The molecule has 0 atom stereocenters. The van der Waals surface area contributed by atoms with Crippen LogP contribution in [-0.4, -0.2) is 10.1 Å². The number of pyridine rings is 1. The molecule has 0 bridgehead atoms. The molecular formula is C12H6F2N2O. The molecule has 17 heavy (non-hydrogen) atoms. The Morgan fingerprint density at radius 2 is 1.94 bits per heavy atom. The lowest BCUT2D eigenvalue weighted by molar-refractivity contribution is 0.434. The van der Waals surface area contributed by atoms with Gasteiger partial charge in [-0.25, -0.2) is 8.78 Å². The number of nitriles is 1. The Balaban J connectivity index is 2.67. The number of nitrogens with zero attached hydrogens (tertiary/aromatic N) is 2. The second-order valence-electron chi connectivity index (χ2n) is 3.36. The lowest BCUT2D eigenvalue weighted by Crippen LogP contribution is -1.88. The van der Waals surface area contributed by atoms with Gasteiger partial charge in [0.05, 0.1) is 17.8 Å². The van der Waals surface area contributed by atoms with Gasteiger partial charge in [0.1, 0.15) is 5.82 Å². The number of phenolic OH excluding ortho intramolecular Hbond substituents is 1. The van der Waals surface area contributed by atoms with Gasteiger partial charge in [0, 0.05) is 17.3 Å². The summed E-state index contributed by atoms with van der Waals surface area (Å²) in [5.41, 5.74) is 0.284. The van der Waals surface area contributed by atoms with Crippen LogP contribution in [0.5, 0.6) is 5.75 Å². The third-order valence-electron chi connectivity index (χ3n) is 2.21. The Morgan fingerprint density at radius 1 is 1.18 bits per heavy atom. The standard InChI is InChI=1S/C12H6F2N2O/c13-9-3-8(5-16-6-9)10-1-7(4-15)2-11(14)12(10)17/h1-3,5-6,17H. The van der Waals surface area contributed by atoms with Crippen LogP contribution in [0.15, 0.2) is 30.6 Å². The molecule has 2 rings (SSSR count). The highest BCUT2D eigenvalue weighted by Crippen LogP contribution is 2.32. The number of halogens is 2. The van der Waals surface area contributed by atoms with Crippen molar-refractivity contribution in [2.75, 3.05) is 0 Å². The van der Waals surface area contributed by atoms with E-state index >= 15 is 0 Å². The molecule has 0 aliphatic rings. The van der Waals surface area contributed by atoms with Crippen molar-refractivity contribution in [1.82, 2.24) is 4.98 Å². The number of benzene rings is 1. The molecule has 0 saturated heterocycles. The Morgan fingerprint density at radius 3 is 2.59 bits per heavy atom. The summed E-state index contributed by atoms with van der Waals surface area (Å²) >= 11 is 0. The van der Waals surface area contributed by atoms with Gasteiger partial charge in [-0.3, -0.25) is 4.98 Å². The third-order valence-corrected chi connectivity index (χ3v) is 2.21. The lowest BCUT2D eigenvalue weighted by atomic mass is 10.0. The van der Waals surface area contributed by atoms with Crippen LogP contribution in [0, 0.1) is 23.0 Å². The maximum atomic E-state index is 13.3. The van der Waals surface area contributed by atoms with Crippen LogP contribution in [0.3, 0.4) is 0 Å². The highest BCUT2D eigenvalue weighted by Gasteiger charge is 2.12. The summed E-state index contributed by atoms with van der Waals surface area (Å²) in [6, 6.07) is 5.04. The largest absolute Gasteiger partial charge is 0.504 e. The minimum absolute atomic E-state index is 0.0357. The van der Waals surface area contributed by atoms with E-state index in [1.807, 2.05) is 0 Å². The summed E-state index contributed by atoms with van der Waals surface area (Å²) in [7, 11) is 0. The molecule has 0 aliphatic heterocycles. The maximum absolute atomic E-state index is 13.3. The molecule has 0 aliphatic carbocycles. The molecule has 0 fully saturated rings. The van der Waals surface area contributed by atoms with Crippen molar-refractivity contribution in [2.45, 2.75) is 0 Å². The number of aromatic hydroxyl groups is 1. The first-order valence-corrected chi connectivity index (χ1v) is 4.65. The Kier molecular flexibility index (Phi) is 2.71. The lowest BCUT2D eigenvalue weighted by Gasteiger charge is -2.06. The van der Waals surface area contributed by atoms with E-state index in [4.69, 9.17) is 5.26 Å². The second-order valence-corrected chi connectivity index (χ2v) is 3.36. The van der Waals surface area contributed by atoms with Crippen LogP contribution in [0.1, 0.15) is 5.56 Å². The fraction of sp³-hybridized carbons (Fsp3) is 0. The molecule has 0 radical (unpaired) electrons. The second kappa shape index (κ2) is 4.18. The van der Waals surface area contributed by atoms with Gasteiger partial charge in [-0.1, -0.05) is 0 Å². The molecule has 84 valence electrons. The molecule has 0 spiro atoms. The molecule has 1 N–H and O–H groups in total. The highest BCUT2D eigenvalue weighted by atomic mass is 19.1. The van der Waals surface area contributed by atoms with Gasteiger partial charge in [0.25, 0.3) is 0 Å². The van der Waals surface area contributed by atoms with Gasteiger partial charge >= 0.3 is 0 Å². The first-order valence-electron chi connectivity index (χ1n) is 4.65. The summed E-state index contributed by atoms with van der Waals surface area (Å²) in [5.74, 6) is -2.16. The number of rotatable bonds is 1. The Bertz CT molecular complexity index is 620. The van der Waals surface area contributed by atoms with Gasteiger partial charge in [-0.15, -0.1) is 0 Å².